The van der Waals surface area contributed by atoms with Gasteiger partial charge in [0.1, 0.15) is 0 Å². The Morgan fingerprint density at radius 3 is 2.50 bits per heavy atom. The first-order valence-corrected chi connectivity index (χ1v) is 9.40. The molecule has 1 aromatic heterocycles. The number of nitrogens with one attached hydrogen (secondary N) is 3. The Morgan fingerprint density at radius 2 is 1.81 bits per heavy atom. The van der Waals surface area contributed by atoms with Crippen LogP contribution in [-0.2, 0) is 21.4 Å². The molecule has 0 aliphatic carbocycles. The number of nitrogens with zero attached hydrogens (tertiary/aromatic N) is 1. The number of imidazole rings is 1. The van der Waals surface area contributed by atoms with Crippen LogP contribution in [0.25, 0.3) is 11.0 Å². The van der Waals surface area contributed by atoms with E-state index < -0.39 is 10.0 Å². The summed E-state index contributed by atoms with van der Waals surface area (Å²) in [6.07, 6.45) is 0. The number of hydrogen-bond acceptors (Lipinski definition) is 4. The van der Waals surface area contributed by atoms with Crippen LogP contribution in [0.4, 0.5) is 5.69 Å². The molecule has 9 heteroatoms. The molecule has 1 heterocycles. The minimum atomic E-state index is -3.71. The molecule has 0 unspecified atom stereocenters. The van der Waals surface area contributed by atoms with Crippen LogP contribution in [0.15, 0.2) is 58.2 Å². The highest BCUT2D eigenvalue weighted by Crippen LogP contribution is 2.14. The van der Waals surface area contributed by atoms with Gasteiger partial charge in [-0.15, -0.1) is 0 Å². The molecule has 3 rings (SSSR count). The Morgan fingerprint density at radius 1 is 1.12 bits per heavy atom. The fraction of sp³-hybridized carbons (Fsp3) is 0.176. The number of carbonyl (C=O) groups excluding carboxylic acids is 1. The number of aromatic nitrogens is 2. The number of rotatable bonds is 6. The van der Waals surface area contributed by atoms with Crippen molar-refractivity contribution in [3.63, 3.8) is 0 Å². The molecule has 8 nitrogen and oxygen atoms in total. The summed E-state index contributed by atoms with van der Waals surface area (Å²) >= 11 is 0. The van der Waals surface area contributed by atoms with E-state index in [0.29, 0.717) is 11.2 Å². The molecule has 3 aromatic rings. The number of sulfonamides is 1. The SMILES string of the molecule is CC(=O)Nc1ccc(S(=O)(=O)NCCn2c(=O)[nH]c3ccccc32)cc1. The smallest absolute Gasteiger partial charge is 0.326 e. The summed E-state index contributed by atoms with van der Waals surface area (Å²) < 4.78 is 28.7. The molecular formula is C17H18N4O4S. The maximum atomic E-state index is 12.3. The van der Waals surface area contributed by atoms with Crippen LogP contribution < -0.4 is 15.7 Å². The van der Waals surface area contributed by atoms with E-state index in [1.165, 1.54) is 35.8 Å². The standard InChI is InChI=1S/C17H18N4O4S/c1-12(22)19-13-6-8-14(9-7-13)26(24,25)18-10-11-21-16-5-3-2-4-15(16)20-17(21)23/h2-9,18H,10-11H2,1H3,(H,19,22)(H,20,23). The highest BCUT2D eigenvalue weighted by Gasteiger charge is 2.14. The molecule has 1 amide bonds. The van der Waals surface area contributed by atoms with E-state index in [0.717, 1.165) is 5.52 Å². The minimum absolute atomic E-state index is 0.0670. The van der Waals surface area contributed by atoms with Crippen molar-refractivity contribution in [3.8, 4) is 0 Å². The lowest BCUT2D eigenvalue weighted by atomic mass is 10.3. The zero-order valence-electron chi connectivity index (χ0n) is 14.0. The molecular weight excluding hydrogens is 356 g/mol. The molecule has 0 saturated carbocycles. The van der Waals surface area contributed by atoms with Gasteiger partial charge in [0.15, 0.2) is 0 Å². The van der Waals surface area contributed by atoms with Gasteiger partial charge >= 0.3 is 5.69 Å². The number of fused-ring (bicyclic) bond motifs is 1. The predicted molar refractivity (Wildman–Crippen MR) is 98.5 cm³/mol. The van der Waals surface area contributed by atoms with Gasteiger partial charge < -0.3 is 10.3 Å². The predicted octanol–water partition coefficient (Wildman–Crippen LogP) is 1.27. The maximum absolute atomic E-state index is 12.3. The van der Waals surface area contributed by atoms with Crippen molar-refractivity contribution >= 4 is 32.7 Å². The first-order chi connectivity index (χ1) is 12.4. The van der Waals surface area contributed by atoms with Crippen molar-refractivity contribution in [2.24, 2.45) is 0 Å². The summed E-state index contributed by atoms with van der Waals surface area (Å²) in [6.45, 7) is 1.64. The number of para-hydroxylation sites is 2. The van der Waals surface area contributed by atoms with E-state index in [2.05, 4.69) is 15.0 Å². The van der Waals surface area contributed by atoms with Gasteiger partial charge in [0.25, 0.3) is 0 Å². The summed E-state index contributed by atoms with van der Waals surface area (Å²) in [5.74, 6) is -0.233. The van der Waals surface area contributed by atoms with Crippen LogP contribution in [0.5, 0.6) is 0 Å². The van der Waals surface area contributed by atoms with Gasteiger partial charge in [-0.1, -0.05) is 12.1 Å². The molecule has 0 saturated heterocycles. The van der Waals surface area contributed by atoms with Crippen LogP contribution in [-0.4, -0.2) is 30.4 Å². The fourth-order valence-electron chi connectivity index (χ4n) is 2.62. The lowest BCUT2D eigenvalue weighted by molar-refractivity contribution is -0.114. The second-order valence-corrected chi connectivity index (χ2v) is 7.47. The van der Waals surface area contributed by atoms with Crippen molar-refractivity contribution in [2.75, 3.05) is 11.9 Å². The number of amides is 1. The summed E-state index contributed by atoms with van der Waals surface area (Å²) in [6, 6.07) is 13.1. The minimum Gasteiger partial charge on any atom is -0.326 e. The molecule has 136 valence electrons. The molecule has 0 spiro atoms. The fourth-order valence-corrected chi connectivity index (χ4v) is 3.65. The molecule has 0 aliphatic heterocycles. The average molecular weight is 374 g/mol. The van der Waals surface area contributed by atoms with Crippen molar-refractivity contribution in [3.05, 3.63) is 59.0 Å². The quantitative estimate of drug-likeness (QED) is 0.603. The lowest BCUT2D eigenvalue weighted by Gasteiger charge is -2.09. The second kappa shape index (κ2) is 7.14. The van der Waals surface area contributed by atoms with Crippen molar-refractivity contribution in [2.45, 2.75) is 18.4 Å². The van der Waals surface area contributed by atoms with Crippen LogP contribution in [0.3, 0.4) is 0 Å². The van der Waals surface area contributed by atoms with E-state index in [-0.39, 0.29) is 29.6 Å². The molecule has 0 fully saturated rings. The first kappa shape index (κ1) is 17.9. The van der Waals surface area contributed by atoms with Crippen LogP contribution >= 0.6 is 0 Å². The molecule has 0 radical (unpaired) electrons. The zero-order chi connectivity index (χ0) is 18.7. The van der Waals surface area contributed by atoms with Crippen molar-refractivity contribution in [1.29, 1.82) is 0 Å². The molecule has 26 heavy (non-hydrogen) atoms. The summed E-state index contributed by atoms with van der Waals surface area (Å²) in [7, 11) is -3.71. The third-order valence-electron chi connectivity index (χ3n) is 3.79. The normalized spacial score (nSPS) is 11.6. The maximum Gasteiger partial charge on any atom is 0.326 e. The van der Waals surface area contributed by atoms with Crippen LogP contribution in [0.1, 0.15) is 6.92 Å². The van der Waals surface area contributed by atoms with E-state index in [1.807, 2.05) is 12.1 Å². The third-order valence-corrected chi connectivity index (χ3v) is 5.27. The monoisotopic (exact) mass is 374 g/mol. The Labute approximate surface area is 149 Å². The van der Waals surface area contributed by atoms with Crippen LogP contribution in [0.2, 0.25) is 0 Å². The third kappa shape index (κ3) is 3.84. The first-order valence-electron chi connectivity index (χ1n) is 7.92. The molecule has 0 aliphatic rings. The zero-order valence-corrected chi connectivity index (χ0v) is 14.8. The van der Waals surface area contributed by atoms with Crippen molar-refractivity contribution in [1.82, 2.24) is 14.3 Å². The number of carbonyl (C=O) groups is 1. The Balaban J connectivity index is 1.69. The van der Waals surface area contributed by atoms with E-state index in [1.54, 1.807) is 12.1 Å². The second-order valence-electron chi connectivity index (χ2n) is 5.70. The van der Waals surface area contributed by atoms with E-state index in [9.17, 15) is 18.0 Å². The lowest BCUT2D eigenvalue weighted by Crippen LogP contribution is -2.30. The van der Waals surface area contributed by atoms with E-state index >= 15 is 0 Å². The van der Waals surface area contributed by atoms with Gasteiger partial charge in [0.05, 0.1) is 15.9 Å². The topological polar surface area (TPSA) is 113 Å². The highest BCUT2D eigenvalue weighted by atomic mass is 32.2. The number of aromatic amines is 1. The number of hydrogen-bond donors (Lipinski definition) is 3. The Bertz CT molecular complexity index is 1100. The van der Waals surface area contributed by atoms with Gasteiger partial charge in [0, 0.05) is 25.7 Å². The number of H-pyrrole nitrogens is 1. The molecule has 2 aromatic carbocycles. The van der Waals surface area contributed by atoms with Gasteiger partial charge in [-0.25, -0.2) is 17.9 Å². The Kier molecular flexibility index (Phi) is 4.92. The number of benzene rings is 2. The van der Waals surface area contributed by atoms with Gasteiger partial charge in [-0.3, -0.25) is 9.36 Å². The highest BCUT2D eigenvalue weighted by molar-refractivity contribution is 7.89. The summed E-state index contributed by atoms with van der Waals surface area (Å²) in [5.41, 5.74) is 1.65. The average Bonchev–Trinajstić information content (AvgIpc) is 2.90. The molecule has 0 atom stereocenters. The van der Waals surface area contributed by atoms with Gasteiger partial charge in [-0.05, 0) is 36.4 Å². The molecule has 3 N–H and O–H groups in total. The molecule has 0 bridgehead atoms. The van der Waals surface area contributed by atoms with Crippen molar-refractivity contribution < 1.29 is 13.2 Å². The van der Waals surface area contributed by atoms with Gasteiger partial charge in [-0.2, -0.15) is 0 Å². The van der Waals surface area contributed by atoms with Gasteiger partial charge in [0.2, 0.25) is 15.9 Å². The summed E-state index contributed by atoms with van der Waals surface area (Å²) in [4.78, 5) is 25.8. The van der Waals surface area contributed by atoms with E-state index in [4.69, 9.17) is 0 Å². The Hall–Kier alpha value is -2.91. The summed E-state index contributed by atoms with van der Waals surface area (Å²) in [5, 5.41) is 2.57. The largest absolute Gasteiger partial charge is 0.326 e. The van der Waals surface area contributed by atoms with Crippen LogP contribution in [0, 0.1) is 0 Å². The number of anilines is 1.